The van der Waals surface area contributed by atoms with E-state index in [1.807, 2.05) is 0 Å². The molecule has 7 heteroatoms. The maximum absolute atomic E-state index is 12.4. The predicted octanol–water partition coefficient (Wildman–Crippen LogP) is 1.20. The van der Waals surface area contributed by atoms with Crippen LogP contribution in [0, 0.1) is 0 Å². The molecular formula is C7H6F3N3O. The van der Waals surface area contributed by atoms with Crippen LogP contribution in [0.2, 0.25) is 0 Å². The van der Waals surface area contributed by atoms with Crippen LogP contribution in [0.1, 0.15) is 0 Å². The molecule has 14 heavy (non-hydrogen) atoms. The van der Waals surface area contributed by atoms with Gasteiger partial charge in [0.05, 0.1) is 12.7 Å². The van der Waals surface area contributed by atoms with Crippen molar-refractivity contribution in [3.8, 4) is 5.75 Å². The summed E-state index contributed by atoms with van der Waals surface area (Å²) in [6, 6.07) is 0. The van der Waals surface area contributed by atoms with Crippen LogP contribution in [0.3, 0.4) is 0 Å². The molecular weight excluding hydrogens is 199 g/mol. The van der Waals surface area contributed by atoms with Gasteiger partial charge in [-0.3, -0.25) is 4.90 Å². The van der Waals surface area contributed by atoms with Crippen molar-refractivity contribution in [3.05, 3.63) is 12.5 Å². The Kier molecular flexibility index (Phi) is 1.94. The Balaban J connectivity index is 2.41. The van der Waals surface area contributed by atoms with Crippen molar-refractivity contribution in [1.82, 2.24) is 9.97 Å². The summed E-state index contributed by atoms with van der Waals surface area (Å²) in [4.78, 5) is 7.36. The van der Waals surface area contributed by atoms with Crippen LogP contribution in [-0.4, -0.2) is 29.4 Å². The lowest BCUT2D eigenvalue weighted by Crippen LogP contribution is -2.44. The molecule has 1 aliphatic rings. The summed E-state index contributed by atoms with van der Waals surface area (Å²) in [6.45, 7) is -0.257. The van der Waals surface area contributed by atoms with E-state index in [0.29, 0.717) is 0 Å². The van der Waals surface area contributed by atoms with E-state index in [4.69, 9.17) is 4.74 Å². The molecule has 4 nitrogen and oxygen atoms in total. The van der Waals surface area contributed by atoms with Gasteiger partial charge in [-0.25, -0.2) is 9.97 Å². The first-order valence-corrected chi connectivity index (χ1v) is 3.86. The first-order chi connectivity index (χ1) is 6.59. The summed E-state index contributed by atoms with van der Waals surface area (Å²) in [6.07, 6.45) is -2.14. The molecule has 0 atom stereocenters. The zero-order valence-electron chi connectivity index (χ0n) is 6.95. The number of rotatable bonds is 0. The molecule has 0 radical (unpaired) electrons. The molecule has 2 rings (SSSR count). The predicted molar refractivity (Wildman–Crippen MR) is 40.9 cm³/mol. The average molecular weight is 205 g/mol. The number of ether oxygens (including phenoxy) is 1. The summed E-state index contributed by atoms with van der Waals surface area (Å²) in [5.41, 5.74) is 0. The maximum Gasteiger partial charge on any atom is 0.486 e. The van der Waals surface area contributed by atoms with Crippen molar-refractivity contribution in [2.75, 3.05) is 18.1 Å². The van der Waals surface area contributed by atoms with Crippen LogP contribution in [-0.2, 0) is 0 Å². The molecule has 1 aromatic rings. The van der Waals surface area contributed by atoms with E-state index in [0.717, 1.165) is 6.33 Å². The molecule has 0 unspecified atom stereocenters. The number of nitrogens with zero attached hydrogens (tertiary/aromatic N) is 3. The van der Waals surface area contributed by atoms with Crippen LogP contribution < -0.4 is 9.64 Å². The summed E-state index contributed by atoms with van der Waals surface area (Å²) < 4.78 is 42.3. The third kappa shape index (κ3) is 1.45. The Labute approximate surface area is 77.3 Å². The number of halogens is 3. The van der Waals surface area contributed by atoms with Gasteiger partial charge in [0.25, 0.3) is 0 Å². The summed E-state index contributed by atoms with van der Waals surface area (Å²) in [7, 11) is 0. The van der Waals surface area contributed by atoms with E-state index in [1.165, 1.54) is 6.20 Å². The highest BCUT2D eigenvalue weighted by molar-refractivity contribution is 5.52. The Morgan fingerprint density at radius 3 is 2.93 bits per heavy atom. The van der Waals surface area contributed by atoms with Crippen molar-refractivity contribution in [2.45, 2.75) is 6.30 Å². The van der Waals surface area contributed by atoms with E-state index in [9.17, 15) is 13.2 Å². The lowest BCUT2D eigenvalue weighted by atomic mass is 10.4. The Bertz CT molecular complexity index is 341. The Hall–Kier alpha value is -1.53. The second kappa shape index (κ2) is 3.00. The minimum Gasteiger partial charge on any atom is -0.486 e. The number of aromatic nitrogens is 2. The van der Waals surface area contributed by atoms with Gasteiger partial charge in [0.2, 0.25) is 0 Å². The molecule has 1 aliphatic heterocycles. The minimum absolute atomic E-state index is 0.0140. The fourth-order valence-corrected chi connectivity index (χ4v) is 1.21. The van der Waals surface area contributed by atoms with E-state index in [2.05, 4.69) is 9.97 Å². The van der Waals surface area contributed by atoms with E-state index in [-0.39, 0.29) is 29.6 Å². The van der Waals surface area contributed by atoms with Crippen molar-refractivity contribution < 1.29 is 17.9 Å². The summed E-state index contributed by atoms with van der Waals surface area (Å²) >= 11 is 0. The van der Waals surface area contributed by atoms with Gasteiger partial charge >= 0.3 is 6.30 Å². The van der Waals surface area contributed by atoms with Gasteiger partial charge in [0.1, 0.15) is 12.9 Å². The third-order valence-corrected chi connectivity index (χ3v) is 1.79. The molecule has 0 saturated heterocycles. The third-order valence-electron chi connectivity index (χ3n) is 1.79. The Morgan fingerprint density at radius 2 is 2.21 bits per heavy atom. The highest BCUT2D eigenvalue weighted by Gasteiger charge is 2.41. The number of anilines is 1. The standard InChI is InChI=1S/C7H6F3N3O/c8-7(9,10)13-1-2-14-5-3-11-4-12-6(5)13/h3-4H,1-2H2. The van der Waals surface area contributed by atoms with Gasteiger partial charge in [-0.2, -0.15) is 13.2 Å². The lowest BCUT2D eigenvalue weighted by Gasteiger charge is -2.30. The van der Waals surface area contributed by atoms with Crippen molar-refractivity contribution in [1.29, 1.82) is 0 Å². The zero-order valence-corrected chi connectivity index (χ0v) is 6.95. The summed E-state index contributed by atoms with van der Waals surface area (Å²) in [5, 5.41) is 0. The molecule has 0 spiro atoms. The SMILES string of the molecule is FC(F)(F)N1CCOc2cncnc21. The molecule has 0 bridgehead atoms. The quantitative estimate of drug-likeness (QED) is 0.596. The molecule has 1 aromatic heterocycles. The van der Waals surface area contributed by atoms with Crippen LogP contribution >= 0.6 is 0 Å². The number of hydrogen-bond acceptors (Lipinski definition) is 4. The van der Waals surface area contributed by atoms with Crippen LogP contribution in [0.25, 0.3) is 0 Å². The fourth-order valence-electron chi connectivity index (χ4n) is 1.21. The smallest absolute Gasteiger partial charge is 0.486 e. The molecule has 0 aromatic carbocycles. The van der Waals surface area contributed by atoms with Gasteiger partial charge in [0, 0.05) is 0 Å². The van der Waals surface area contributed by atoms with Crippen molar-refractivity contribution >= 4 is 5.82 Å². The second-order valence-electron chi connectivity index (χ2n) is 2.68. The molecule has 0 saturated carbocycles. The fraction of sp³-hybridized carbons (Fsp3) is 0.429. The topological polar surface area (TPSA) is 38.2 Å². The first-order valence-electron chi connectivity index (χ1n) is 3.86. The van der Waals surface area contributed by atoms with Gasteiger partial charge in [0.15, 0.2) is 11.6 Å². The van der Waals surface area contributed by atoms with E-state index < -0.39 is 6.30 Å². The molecule has 0 aliphatic carbocycles. The normalized spacial score (nSPS) is 16.1. The number of hydrogen-bond donors (Lipinski definition) is 0. The average Bonchev–Trinajstić information content (AvgIpc) is 2.15. The van der Waals surface area contributed by atoms with Gasteiger partial charge in [-0.05, 0) is 0 Å². The van der Waals surface area contributed by atoms with Crippen LogP contribution in [0.15, 0.2) is 12.5 Å². The zero-order chi connectivity index (χ0) is 10.2. The van der Waals surface area contributed by atoms with Crippen LogP contribution in [0.5, 0.6) is 5.75 Å². The molecule has 0 amide bonds. The second-order valence-corrected chi connectivity index (χ2v) is 2.68. The molecule has 2 heterocycles. The van der Waals surface area contributed by atoms with Gasteiger partial charge in [-0.15, -0.1) is 0 Å². The molecule has 76 valence electrons. The number of fused-ring (bicyclic) bond motifs is 1. The number of alkyl halides is 3. The van der Waals surface area contributed by atoms with Gasteiger partial charge < -0.3 is 4.74 Å². The summed E-state index contributed by atoms with van der Waals surface area (Å²) in [5.74, 6) is -0.158. The van der Waals surface area contributed by atoms with Gasteiger partial charge in [-0.1, -0.05) is 0 Å². The van der Waals surface area contributed by atoms with E-state index >= 15 is 0 Å². The lowest BCUT2D eigenvalue weighted by molar-refractivity contribution is -0.132. The van der Waals surface area contributed by atoms with Crippen LogP contribution in [0.4, 0.5) is 19.0 Å². The highest BCUT2D eigenvalue weighted by atomic mass is 19.4. The van der Waals surface area contributed by atoms with Crippen molar-refractivity contribution in [2.24, 2.45) is 0 Å². The first kappa shape index (κ1) is 9.04. The molecule has 0 N–H and O–H groups in total. The van der Waals surface area contributed by atoms with Crippen molar-refractivity contribution in [3.63, 3.8) is 0 Å². The monoisotopic (exact) mass is 205 g/mol. The maximum atomic E-state index is 12.4. The highest BCUT2D eigenvalue weighted by Crippen LogP contribution is 2.34. The molecule has 0 fully saturated rings. The largest absolute Gasteiger partial charge is 0.486 e. The Morgan fingerprint density at radius 1 is 1.43 bits per heavy atom. The minimum atomic E-state index is -4.42. The van der Waals surface area contributed by atoms with E-state index in [1.54, 1.807) is 0 Å².